The lowest BCUT2D eigenvalue weighted by Crippen LogP contribution is -2.46. The molecule has 0 radical (unpaired) electrons. The first-order chi connectivity index (χ1) is 14.5. The number of benzene rings is 1. The zero-order valence-corrected chi connectivity index (χ0v) is 17.8. The lowest BCUT2D eigenvalue weighted by molar-refractivity contribution is -0.127. The number of anilines is 1. The molecule has 1 heterocycles. The van der Waals surface area contributed by atoms with Crippen molar-refractivity contribution in [2.45, 2.75) is 51.1 Å². The predicted molar refractivity (Wildman–Crippen MR) is 123 cm³/mol. The molecule has 158 valence electrons. The van der Waals surface area contributed by atoms with Gasteiger partial charge in [0.15, 0.2) is 0 Å². The van der Waals surface area contributed by atoms with E-state index in [9.17, 15) is 9.59 Å². The fraction of sp³-hybridized carbons (Fsp3) is 0.400. The van der Waals surface area contributed by atoms with Gasteiger partial charge in [-0.25, -0.2) is 4.99 Å². The number of carbonyl (C=O) groups excluding carboxylic acids is 2. The molecule has 0 aromatic heterocycles. The summed E-state index contributed by atoms with van der Waals surface area (Å²) < 4.78 is 0. The van der Waals surface area contributed by atoms with E-state index in [1.165, 1.54) is 32.1 Å². The number of para-hydroxylation sites is 1. The minimum Gasteiger partial charge on any atom is -0.327 e. The summed E-state index contributed by atoms with van der Waals surface area (Å²) in [5.41, 5.74) is 2.94. The first-order valence-electron chi connectivity index (χ1n) is 10.7. The third kappa shape index (κ3) is 4.96. The molecule has 1 aliphatic heterocycles. The molecular weight excluding hydrogens is 374 g/mol. The molecule has 5 heteroatoms. The van der Waals surface area contributed by atoms with Gasteiger partial charge >= 0.3 is 0 Å². The van der Waals surface area contributed by atoms with Gasteiger partial charge < -0.3 is 10.2 Å². The molecule has 1 unspecified atom stereocenters. The molecule has 1 N–H and O–H groups in total. The van der Waals surface area contributed by atoms with E-state index < -0.39 is 6.17 Å². The van der Waals surface area contributed by atoms with Crippen LogP contribution < -0.4 is 10.2 Å². The highest BCUT2D eigenvalue weighted by Crippen LogP contribution is 2.28. The van der Waals surface area contributed by atoms with Gasteiger partial charge in [-0.15, -0.1) is 0 Å². The van der Waals surface area contributed by atoms with Crippen molar-refractivity contribution in [1.29, 1.82) is 0 Å². The maximum Gasteiger partial charge on any atom is 0.272 e. The van der Waals surface area contributed by atoms with Crippen LogP contribution in [0.4, 0.5) is 5.69 Å². The Bertz CT molecular complexity index is 878. The highest BCUT2D eigenvalue weighted by Gasteiger charge is 2.31. The van der Waals surface area contributed by atoms with Gasteiger partial charge in [-0.3, -0.25) is 9.59 Å². The Labute approximate surface area is 179 Å². The molecule has 1 aromatic carbocycles. The Morgan fingerprint density at radius 2 is 1.97 bits per heavy atom. The van der Waals surface area contributed by atoms with Gasteiger partial charge in [0.05, 0.1) is 11.4 Å². The van der Waals surface area contributed by atoms with Crippen LogP contribution in [0, 0.1) is 5.92 Å². The molecule has 30 heavy (non-hydrogen) atoms. The van der Waals surface area contributed by atoms with Crippen molar-refractivity contribution in [3.05, 3.63) is 66.8 Å². The quantitative estimate of drug-likeness (QED) is 0.676. The number of aliphatic imine (C=N–C) groups is 1. The molecule has 2 amide bonds. The van der Waals surface area contributed by atoms with Crippen molar-refractivity contribution in [1.82, 2.24) is 5.32 Å². The molecule has 1 saturated carbocycles. The smallest absolute Gasteiger partial charge is 0.272 e. The number of fused-ring (bicyclic) bond motifs is 1. The van der Waals surface area contributed by atoms with Crippen molar-refractivity contribution in [2.24, 2.45) is 10.9 Å². The fourth-order valence-electron chi connectivity index (χ4n) is 4.25. The van der Waals surface area contributed by atoms with E-state index >= 15 is 0 Å². The van der Waals surface area contributed by atoms with Gasteiger partial charge in [-0.05, 0) is 24.0 Å². The summed E-state index contributed by atoms with van der Waals surface area (Å²) in [6.45, 7) is 7.64. The highest BCUT2D eigenvalue weighted by atomic mass is 16.2. The van der Waals surface area contributed by atoms with E-state index in [0.29, 0.717) is 18.1 Å². The first kappa shape index (κ1) is 21.8. The van der Waals surface area contributed by atoms with Crippen LogP contribution in [0.25, 0.3) is 0 Å². The van der Waals surface area contributed by atoms with Crippen molar-refractivity contribution < 1.29 is 9.59 Å². The van der Waals surface area contributed by atoms with Gasteiger partial charge in [0.1, 0.15) is 0 Å². The number of nitrogens with one attached hydrogen (secondary N) is 1. The zero-order valence-electron chi connectivity index (χ0n) is 17.8. The van der Waals surface area contributed by atoms with E-state index in [1.807, 2.05) is 24.3 Å². The molecule has 1 aliphatic carbocycles. The lowest BCUT2D eigenvalue weighted by Gasteiger charge is -2.22. The van der Waals surface area contributed by atoms with Gasteiger partial charge in [-0.2, -0.15) is 0 Å². The molecule has 0 spiro atoms. The molecule has 0 saturated heterocycles. The van der Waals surface area contributed by atoms with Crippen molar-refractivity contribution in [3.8, 4) is 0 Å². The largest absolute Gasteiger partial charge is 0.327 e. The molecule has 1 atom stereocenters. The highest BCUT2D eigenvalue weighted by molar-refractivity contribution is 6.21. The fourth-order valence-corrected chi connectivity index (χ4v) is 4.25. The van der Waals surface area contributed by atoms with Crippen LogP contribution in [0.15, 0.2) is 66.2 Å². The van der Waals surface area contributed by atoms with Gasteiger partial charge in [0, 0.05) is 19.0 Å². The second kappa shape index (κ2) is 10.2. The van der Waals surface area contributed by atoms with Crippen LogP contribution in [0.5, 0.6) is 0 Å². The standard InChI is InChI=1S/C25H31N3O2/c1-4-11-19(5-2)23-20-14-9-10-15-21(20)28(3)25(30)24(27-23)26-22(29)17-16-18-12-7-6-8-13-18/h4-5,9-11,14-15,18,24H,1-2,6-8,12-13,16-17H2,3H3,(H,26,29)/b19-11+. The Morgan fingerprint density at radius 3 is 2.67 bits per heavy atom. The van der Waals surface area contributed by atoms with E-state index in [0.717, 1.165) is 23.2 Å². The van der Waals surface area contributed by atoms with E-state index in [2.05, 4.69) is 23.5 Å². The Morgan fingerprint density at radius 1 is 1.23 bits per heavy atom. The van der Waals surface area contributed by atoms with Gasteiger partial charge in [0.25, 0.3) is 5.91 Å². The van der Waals surface area contributed by atoms with Crippen LogP contribution in [-0.2, 0) is 9.59 Å². The minimum absolute atomic E-state index is 0.130. The Hall–Kier alpha value is -2.95. The molecule has 1 fully saturated rings. The van der Waals surface area contributed by atoms with Crippen molar-refractivity contribution in [3.63, 3.8) is 0 Å². The summed E-state index contributed by atoms with van der Waals surface area (Å²) >= 11 is 0. The number of carbonyl (C=O) groups is 2. The van der Waals surface area contributed by atoms with Crippen molar-refractivity contribution >= 4 is 23.2 Å². The zero-order chi connectivity index (χ0) is 21.5. The van der Waals surface area contributed by atoms with Crippen LogP contribution in [0.1, 0.15) is 50.5 Å². The first-order valence-corrected chi connectivity index (χ1v) is 10.7. The summed E-state index contributed by atoms with van der Waals surface area (Å²) in [4.78, 5) is 32.0. The number of hydrogen-bond donors (Lipinski definition) is 1. The number of amides is 2. The van der Waals surface area contributed by atoms with Gasteiger partial charge in [-0.1, -0.05) is 81.7 Å². The number of rotatable bonds is 7. The lowest BCUT2D eigenvalue weighted by atomic mass is 9.86. The second-order valence-corrected chi connectivity index (χ2v) is 7.97. The van der Waals surface area contributed by atoms with Crippen molar-refractivity contribution in [2.75, 3.05) is 11.9 Å². The third-order valence-electron chi connectivity index (χ3n) is 5.94. The van der Waals surface area contributed by atoms with E-state index in [-0.39, 0.29) is 11.8 Å². The average molecular weight is 406 g/mol. The summed E-state index contributed by atoms with van der Waals surface area (Å²) in [5.74, 6) is 0.225. The second-order valence-electron chi connectivity index (χ2n) is 7.97. The van der Waals surface area contributed by atoms with Crippen LogP contribution in [0.3, 0.4) is 0 Å². The molecule has 3 rings (SSSR count). The summed E-state index contributed by atoms with van der Waals surface area (Å²) in [6, 6.07) is 7.59. The van der Waals surface area contributed by atoms with E-state index in [1.54, 1.807) is 30.2 Å². The SMILES string of the molecule is C=C/C=C(\C=C)C1=NC(NC(=O)CCC2CCCCC2)C(=O)N(C)c2ccccc21. The maximum absolute atomic E-state index is 13.1. The monoisotopic (exact) mass is 405 g/mol. The van der Waals surface area contributed by atoms with Crippen LogP contribution >= 0.6 is 0 Å². The number of hydrogen-bond acceptors (Lipinski definition) is 3. The molecule has 5 nitrogen and oxygen atoms in total. The predicted octanol–water partition coefficient (Wildman–Crippen LogP) is 4.55. The number of allylic oxidation sites excluding steroid dienone is 4. The normalized spacial score (nSPS) is 20.1. The molecule has 2 aliphatic rings. The average Bonchev–Trinajstić information content (AvgIpc) is 2.88. The van der Waals surface area contributed by atoms with E-state index in [4.69, 9.17) is 0 Å². The summed E-state index contributed by atoms with van der Waals surface area (Å²) in [7, 11) is 1.71. The maximum atomic E-state index is 13.1. The number of nitrogens with zero attached hydrogens (tertiary/aromatic N) is 2. The molecule has 1 aromatic rings. The third-order valence-corrected chi connectivity index (χ3v) is 5.94. The number of likely N-dealkylation sites (N-methyl/N-ethyl adjacent to an activating group) is 1. The van der Waals surface area contributed by atoms with Gasteiger partial charge in [0.2, 0.25) is 12.1 Å². The molecular formula is C25H31N3O2. The topological polar surface area (TPSA) is 61.8 Å². The Kier molecular flexibility index (Phi) is 7.39. The van der Waals surface area contributed by atoms with Crippen LogP contribution in [0.2, 0.25) is 0 Å². The minimum atomic E-state index is -0.968. The van der Waals surface area contributed by atoms with Crippen LogP contribution in [-0.4, -0.2) is 30.7 Å². The molecule has 0 bridgehead atoms. The Balaban J connectivity index is 1.85. The summed E-state index contributed by atoms with van der Waals surface area (Å²) in [5, 5.41) is 2.86. The summed E-state index contributed by atoms with van der Waals surface area (Å²) in [6.07, 6.45) is 11.7. The number of benzodiazepines with no additional fused rings is 1.